The first-order valence-electron chi connectivity index (χ1n) is 10.9. The van der Waals surface area contributed by atoms with Crippen LogP contribution in [0.4, 0.5) is 4.79 Å². The van der Waals surface area contributed by atoms with Crippen molar-refractivity contribution in [2.45, 2.75) is 57.2 Å². The molecule has 0 aliphatic carbocycles. The fourth-order valence-electron chi connectivity index (χ4n) is 4.10. The molecule has 2 saturated heterocycles. The summed E-state index contributed by atoms with van der Waals surface area (Å²) in [5, 5.41) is 5.74. The Bertz CT molecular complexity index is 777. The van der Waals surface area contributed by atoms with Crippen molar-refractivity contribution >= 4 is 17.7 Å². The van der Waals surface area contributed by atoms with E-state index in [9.17, 15) is 14.4 Å². The van der Waals surface area contributed by atoms with Gasteiger partial charge in [-0.1, -0.05) is 51.1 Å². The molecule has 0 bridgehead atoms. The van der Waals surface area contributed by atoms with Gasteiger partial charge < -0.3 is 25.0 Å². The van der Waals surface area contributed by atoms with Gasteiger partial charge in [0.05, 0.1) is 19.3 Å². The number of ketones is 1. The van der Waals surface area contributed by atoms with Crippen LogP contribution >= 0.6 is 0 Å². The molecule has 8 nitrogen and oxygen atoms in total. The smallest absolute Gasteiger partial charge is 0.318 e. The Morgan fingerprint density at radius 2 is 1.87 bits per heavy atom. The number of carbonyl (C=O) groups excluding carboxylic acids is 3. The van der Waals surface area contributed by atoms with Crippen LogP contribution in [0.5, 0.6) is 0 Å². The van der Waals surface area contributed by atoms with Gasteiger partial charge in [0.15, 0.2) is 5.78 Å². The molecule has 2 aliphatic heterocycles. The molecule has 2 fully saturated rings. The number of ether oxygens (including phenoxy) is 2. The van der Waals surface area contributed by atoms with E-state index in [0.717, 1.165) is 5.56 Å². The molecule has 1 aromatic carbocycles. The van der Waals surface area contributed by atoms with Crippen molar-refractivity contribution in [3.8, 4) is 0 Å². The second-order valence-electron chi connectivity index (χ2n) is 8.77. The van der Waals surface area contributed by atoms with E-state index in [4.69, 9.17) is 9.47 Å². The molecule has 0 aromatic heterocycles. The summed E-state index contributed by atoms with van der Waals surface area (Å²) in [5.74, 6) is -0.506. The van der Waals surface area contributed by atoms with E-state index in [1.54, 1.807) is 4.90 Å². The largest absolute Gasteiger partial charge is 0.378 e. The van der Waals surface area contributed by atoms with Crippen molar-refractivity contribution in [2.24, 2.45) is 0 Å². The van der Waals surface area contributed by atoms with E-state index in [1.165, 1.54) is 0 Å². The van der Waals surface area contributed by atoms with Crippen LogP contribution < -0.4 is 10.6 Å². The summed E-state index contributed by atoms with van der Waals surface area (Å²) in [7, 11) is 0. The van der Waals surface area contributed by atoms with Gasteiger partial charge in [-0.3, -0.25) is 9.59 Å². The van der Waals surface area contributed by atoms with E-state index in [-0.39, 0.29) is 35.8 Å². The first-order valence-corrected chi connectivity index (χ1v) is 10.9. The second kappa shape index (κ2) is 10.2. The number of morpholine rings is 1. The number of rotatable bonds is 7. The molecule has 3 atom stereocenters. The third-order valence-corrected chi connectivity index (χ3v) is 6.04. The molecule has 8 heteroatoms. The summed E-state index contributed by atoms with van der Waals surface area (Å²) in [6.07, 6.45) is 0.670. The van der Waals surface area contributed by atoms with Gasteiger partial charge in [-0.15, -0.1) is 0 Å². The first-order chi connectivity index (χ1) is 14.8. The minimum Gasteiger partial charge on any atom is -0.378 e. The van der Waals surface area contributed by atoms with Gasteiger partial charge in [-0.05, 0) is 23.8 Å². The Morgan fingerprint density at radius 3 is 2.52 bits per heavy atom. The van der Waals surface area contributed by atoms with Crippen molar-refractivity contribution in [3.63, 3.8) is 0 Å². The Kier molecular flexibility index (Phi) is 7.67. The fourth-order valence-corrected chi connectivity index (χ4v) is 4.10. The molecular formula is C23H33N3O5. The van der Waals surface area contributed by atoms with Crippen molar-refractivity contribution in [2.75, 3.05) is 32.9 Å². The number of nitrogens with one attached hydrogen (secondary N) is 2. The maximum atomic E-state index is 13.3. The summed E-state index contributed by atoms with van der Waals surface area (Å²) in [6.45, 7) is 7.93. The fraction of sp³-hybridized carbons (Fsp3) is 0.609. The zero-order valence-corrected chi connectivity index (χ0v) is 18.6. The zero-order chi connectivity index (χ0) is 22.4. The summed E-state index contributed by atoms with van der Waals surface area (Å²) in [5.41, 5.74) is 0.696. The van der Waals surface area contributed by atoms with Crippen LogP contribution in [0.15, 0.2) is 30.3 Å². The van der Waals surface area contributed by atoms with Crippen LogP contribution in [0, 0.1) is 0 Å². The van der Waals surface area contributed by atoms with Gasteiger partial charge in [0.1, 0.15) is 18.7 Å². The molecule has 0 radical (unpaired) electrons. The van der Waals surface area contributed by atoms with Crippen molar-refractivity contribution in [3.05, 3.63) is 35.9 Å². The molecule has 2 unspecified atom stereocenters. The van der Waals surface area contributed by atoms with E-state index in [0.29, 0.717) is 39.1 Å². The predicted molar refractivity (Wildman–Crippen MR) is 116 cm³/mol. The number of benzene rings is 1. The standard InChI is InChI=1S/C23H33N3O5/c1-4-19-20(18(27)15-31-19)25-21(28)17(24-22(29)26-10-12-30-13-11-26)14-23(2,3)16-8-6-5-7-9-16/h5-9,17,19-20H,4,10-15H2,1-3H3,(H,24,29)(H,25,28)/t17-,19?,20?/m0/s1. The van der Waals surface area contributed by atoms with Crippen LogP contribution in [-0.4, -0.2) is 73.7 Å². The SMILES string of the molecule is CCC1OCC(=O)C1NC(=O)[C@H](CC(C)(C)c1ccccc1)NC(=O)N1CCOCC1. The van der Waals surface area contributed by atoms with E-state index >= 15 is 0 Å². The summed E-state index contributed by atoms with van der Waals surface area (Å²) >= 11 is 0. The lowest BCUT2D eigenvalue weighted by molar-refractivity contribution is -0.128. The molecule has 0 spiro atoms. The molecule has 2 heterocycles. The average molecular weight is 432 g/mol. The van der Waals surface area contributed by atoms with Crippen LogP contribution in [0.2, 0.25) is 0 Å². The third-order valence-electron chi connectivity index (χ3n) is 6.04. The van der Waals surface area contributed by atoms with Crippen LogP contribution in [0.1, 0.15) is 39.2 Å². The highest BCUT2D eigenvalue weighted by Gasteiger charge is 2.39. The lowest BCUT2D eigenvalue weighted by Gasteiger charge is -2.33. The van der Waals surface area contributed by atoms with Crippen LogP contribution in [0.25, 0.3) is 0 Å². The van der Waals surface area contributed by atoms with E-state index in [1.807, 2.05) is 51.1 Å². The quantitative estimate of drug-likeness (QED) is 0.684. The lowest BCUT2D eigenvalue weighted by Crippen LogP contribution is -2.57. The molecule has 31 heavy (non-hydrogen) atoms. The summed E-state index contributed by atoms with van der Waals surface area (Å²) in [4.78, 5) is 40.0. The normalized spacial score (nSPS) is 22.8. The minimum absolute atomic E-state index is 0.00374. The number of urea groups is 1. The average Bonchev–Trinajstić information content (AvgIpc) is 3.13. The predicted octanol–water partition coefficient (Wildman–Crippen LogP) is 1.63. The Balaban J connectivity index is 1.76. The number of hydrogen-bond acceptors (Lipinski definition) is 5. The van der Waals surface area contributed by atoms with Crippen molar-refractivity contribution < 1.29 is 23.9 Å². The van der Waals surface area contributed by atoms with Crippen LogP contribution in [0.3, 0.4) is 0 Å². The van der Waals surface area contributed by atoms with Gasteiger partial charge in [0, 0.05) is 13.1 Å². The molecule has 1 aromatic rings. The molecule has 3 rings (SSSR count). The summed E-state index contributed by atoms with van der Waals surface area (Å²) < 4.78 is 10.8. The Morgan fingerprint density at radius 1 is 1.19 bits per heavy atom. The molecule has 2 N–H and O–H groups in total. The van der Waals surface area contributed by atoms with Gasteiger partial charge in [0.25, 0.3) is 0 Å². The molecule has 0 saturated carbocycles. The van der Waals surface area contributed by atoms with E-state index < -0.39 is 12.1 Å². The first kappa shape index (κ1) is 23.2. The molecular weight excluding hydrogens is 398 g/mol. The highest BCUT2D eigenvalue weighted by molar-refractivity contribution is 5.94. The van der Waals surface area contributed by atoms with Gasteiger partial charge in [0.2, 0.25) is 5.91 Å². The van der Waals surface area contributed by atoms with E-state index in [2.05, 4.69) is 10.6 Å². The number of hydrogen-bond donors (Lipinski definition) is 2. The zero-order valence-electron chi connectivity index (χ0n) is 18.6. The Labute approximate surface area is 183 Å². The molecule has 3 amide bonds. The minimum atomic E-state index is -0.795. The maximum absolute atomic E-state index is 13.3. The molecule has 2 aliphatic rings. The second-order valence-corrected chi connectivity index (χ2v) is 8.77. The summed E-state index contributed by atoms with van der Waals surface area (Å²) in [6, 6.07) is 8.11. The number of amides is 3. The topological polar surface area (TPSA) is 97.0 Å². The van der Waals surface area contributed by atoms with Gasteiger partial charge in [-0.2, -0.15) is 0 Å². The Hall–Kier alpha value is -2.45. The lowest BCUT2D eigenvalue weighted by atomic mass is 9.79. The number of nitrogens with zero attached hydrogens (tertiary/aromatic N) is 1. The maximum Gasteiger partial charge on any atom is 0.318 e. The highest BCUT2D eigenvalue weighted by Crippen LogP contribution is 2.28. The third kappa shape index (κ3) is 5.83. The van der Waals surface area contributed by atoms with Crippen LogP contribution in [-0.2, 0) is 24.5 Å². The van der Waals surface area contributed by atoms with Crippen molar-refractivity contribution in [1.82, 2.24) is 15.5 Å². The highest BCUT2D eigenvalue weighted by atomic mass is 16.5. The van der Waals surface area contributed by atoms with Crippen molar-refractivity contribution in [1.29, 1.82) is 0 Å². The number of Topliss-reactive ketones (excluding diaryl/α,β-unsaturated/α-hetero) is 1. The molecule has 170 valence electrons. The monoisotopic (exact) mass is 431 g/mol. The van der Waals surface area contributed by atoms with Gasteiger partial charge >= 0.3 is 6.03 Å². The number of carbonyl (C=O) groups is 3. The van der Waals surface area contributed by atoms with Gasteiger partial charge in [-0.25, -0.2) is 4.79 Å².